The van der Waals surface area contributed by atoms with Crippen LogP contribution in [0.5, 0.6) is 0 Å². The fourth-order valence-electron chi connectivity index (χ4n) is 3.09. The van der Waals surface area contributed by atoms with Crippen LogP contribution in [-0.4, -0.2) is 34.7 Å². The normalized spacial score (nSPS) is 32.1. The Morgan fingerprint density at radius 3 is 3.15 bits per heavy atom. The molecule has 2 heterocycles. The zero-order chi connectivity index (χ0) is 14.3. The van der Waals surface area contributed by atoms with Crippen LogP contribution in [0.4, 0.5) is 11.5 Å². The smallest absolute Gasteiger partial charge is 0.277 e. The summed E-state index contributed by atoms with van der Waals surface area (Å²) in [7, 11) is 0. The second-order valence-electron chi connectivity index (χ2n) is 5.50. The molecular weight excluding hydrogens is 260 g/mol. The summed E-state index contributed by atoms with van der Waals surface area (Å²) in [6, 6.07) is 1.45. The molecule has 1 aromatic heterocycles. The van der Waals surface area contributed by atoms with Crippen molar-refractivity contribution < 1.29 is 9.66 Å². The molecule has 0 aromatic carbocycles. The molecule has 108 valence electrons. The van der Waals surface area contributed by atoms with E-state index in [2.05, 4.69) is 10.3 Å². The van der Waals surface area contributed by atoms with Gasteiger partial charge in [0.25, 0.3) is 5.69 Å². The molecule has 7 heteroatoms. The summed E-state index contributed by atoms with van der Waals surface area (Å²) < 4.78 is 5.73. The summed E-state index contributed by atoms with van der Waals surface area (Å²) in [5.74, 6) is 0.872. The lowest BCUT2D eigenvalue weighted by Gasteiger charge is -2.52. The van der Waals surface area contributed by atoms with Gasteiger partial charge in [-0.3, -0.25) is 10.1 Å². The van der Waals surface area contributed by atoms with E-state index in [0.717, 1.165) is 19.4 Å². The van der Waals surface area contributed by atoms with E-state index >= 15 is 0 Å². The Bertz CT molecular complexity index is 536. The number of hydrogen-bond donors (Lipinski definition) is 2. The molecule has 2 aliphatic rings. The monoisotopic (exact) mass is 278 g/mol. The predicted molar refractivity (Wildman–Crippen MR) is 73.5 cm³/mol. The number of fused-ring (bicyclic) bond motifs is 1. The van der Waals surface area contributed by atoms with Crippen LogP contribution in [0.25, 0.3) is 0 Å². The van der Waals surface area contributed by atoms with Crippen LogP contribution < -0.4 is 11.1 Å². The molecule has 0 spiro atoms. The van der Waals surface area contributed by atoms with Crippen molar-refractivity contribution >= 4 is 11.5 Å². The van der Waals surface area contributed by atoms with Crippen molar-refractivity contribution in [3.63, 3.8) is 0 Å². The van der Waals surface area contributed by atoms with Crippen LogP contribution in [0, 0.1) is 23.0 Å². The van der Waals surface area contributed by atoms with Crippen molar-refractivity contribution in [3.05, 3.63) is 27.9 Å². The van der Waals surface area contributed by atoms with Crippen molar-refractivity contribution in [3.8, 4) is 0 Å². The maximum Gasteiger partial charge on any atom is 0.277 e. The number of anilines is 1. The Balaban J connectivity index is 1.75. The molecule has 4 atom stereocenters. The second kappa shape index (κ2) is 4.99. The zero-order valence-electron chi connectivity index (χ0n) is 11.3. The van der Waals surface area contributed by atoms with E-state index in [-0.39, 0.29) is 23.9 Å². The fraction of sp³-hybridized carbons (Fsp3) is 0.615. The molecule has 3 N–H and O–H groups in total. The van der Waals surface area contributed by atoms with E-state index < -0.39 is 4.92 Å². The highest BCUT2D eigenvalue weighted by Gasteiger charge is 2.50. The largest absolute Gasteiger partial charge is 0.376 e. The molecule has 1 aliphatic heterocycles. The van der Waals surface area contributed by atoms with E-state index in [0.29, 0.717) is 17.3 Å². The van der Waals surface area contributed by atoms with Gasteiger partial charge >= 0.3 is 0 Å². The molecule has 0 bridgehead atoms. The first kappa shape index (κ1) is 13.3. The summed E-state index contributed by atoms with van der Waals surface area (Å²) in [5.41, 5.74) is 6.76. The zero-order valence-corrected chi connectivity index (χ0v) is 11.3. The average Bonchev–Trinajstić information content (AvgIpc) is 2.45. The molecular formula is C13H18N4O3. The van der Waals surface area contributed by atoms with E-state index in [9.17, 15) is 10.1 Å². The number of aromatic nitrogens is 1. The Hall–Kier alpha value is -1.73. The molecule has 1 aliphatic carbocycles. The lowest BCUT2D eigenvalue weighted by molar-refractivity contribution is -0.385. The number of rotatable bonds is 3. The summed E-state index contributed by atoms with van der Waals surface area (Å²) in [6.07, 6.45) is 3.74. The van der Waals surface area contributed by atoms with Crippen molar-refractivity contribution in [2.75, 3.05) is 11.9 Å². The maximum absolute atomic E-state index is 10.9. The van der Waals surface area contributed by atoms with Crippen LogP contribution in [-0.2, 0) is 4.74 Å². The Morgan fingerprint density at radius 1 is 1.60 bits per heavy atom. The van der Waals surface area contributed by atoms with Gasteiger partial charge in [0.2, 0.25) is 0 Å². The first-order valence-corrected chi connectivity index (χ1v) is 6.82. The van der Waals surface area contributed by atoms with Crippen LogP contribution in [0.2, 0.25) is 0 Å². The second-order valence-corrected chi connectivity index (χ2v) is 5.50. The third-order valence-electron chi connectivity index (χ3n) is 4.26. The van der Waals surface area contributed by atoms with Gasteiger partial charge in [-0.2, -0.15) is 0 Å². The Morgan fingerprint density at radius 2 is 2.40 bits per heavy atom. The lowest BCUT2D eigenvalue weighted by Crippen LogP contribution is -2.69. The number of hydrogen-bond acceptors (Lipinski definition) is 6. The van der Waals surface area contributed by atoms with E-state index in [1.54, 1.807) is 6.92 Å². The highest BCUT2D eigenvalue weighted by Crippen LogP contribution is 2.38. The average molecular weight is 278 g/mol. The Labute approximate surface area is 116 Å². The fourth-order valence-corrected chi connectivity index (χ4v) is 3.09. The third kappa shape index (κ3) is 2.12. The number of nitrogens with zero attached hydrogens (tertiary/aromatic N) is 2. The van der Waals surface area contributed by atoms with Crippen molar-refractivity contribution in [2.45, 2.75) is 38.0 Å². The van der Waals surface area contributed by atoms with Crippen molar-refractivity contribution in [1.82, 2.24) is 4.98 Å². The van der Waals surface area contributed by atoms with Crippen LogP contribution in [0.15, 0.2) is 12.3 Å². The quantitative estimate of drug-likeness (QED) is 0.636. The van der Waals surface area contributed by atoms with Gasteiger partial charge in [-0.1, -0.05) is 0 Å². The van der Waals surface area contributed by atoms with Gasteiger partial charge in [0.1, 0.15) is 5.82 Å². The molecule has 0 radical (unpaired) electrons. The first-order valence-electron chi connectivity index (χ1n) is 6.82. The van der Waals surface area contributed by atoms with Gasteiger partial charge in [-0.15, -0.1) is 0 Å². The van der Waals surface area contributed by atoms with Gasteiger partial charge in [-0.25, -0.2) is 4.98 Å². The van der Waals surface area contributed by atoms with Gasteiger partial charge in [0.05, 0.1) is 23.1 Å². The van der Waals surface area contributed by atoms with E-state index in [4.69, 9.17) is 10.5 Å². The summed E-state index contributed by atoms with van der Waals surface area (Å²) in [4.78, 5) is 14.7. The van der Waals surface area contributed by atoms with Gasteiger partial charge in [-0.05, 0) is 19.8 Å². The predicted octanol–water partition coefficient (Wildman–Crippen LogP) is 1.21. The molecule has 1 aromatic rings. The molecule has 1 saturated heterocycles. The van der Waals surface area contributed by atoms with Crippen LogP contribution in [0.3, 0.4) is 0 Å². The van der Waals surface area contributed by atoms with Crippen LogP contribution >= 0.6 is 0 Å². The lowest BCUT2D eigenvalue weighted by atomic mass is 9.68. The molecule has 2 fully saturated rings. The number of ether oxygens (including phenoxy) is 1. The number of pyridine rings is 1. The topological polar surface area (TPSA) is 103 Å². The summed E-state index contributed by atoms with van der Waals surface area (Å²) in [5, 5.41) is 14.1. The standard InChI is InChI=1S/C13H18N4O3/c1-7-6-15-10(5-9(7)17(18)19)16-12-11(14)8-3-2-4-20-13(8)12/h5-6,8,11-13H,2-4,14H2,1H3,(H,15,16). The highest BCUT2D eigenvalue weighted by molar-refractivity contribution is 5.50. The minimum absolute atomic E-state index is 0.0162. The molecule has 1 saturated carbocycles. The molecule has 0 amide bonds. The molecule has 4 unspecified atom stereocenters. The third-order valence-corrected chi connectivity index (χ3v) is 4.26. The van der Waals surface area contributed by atoms with E-state index in [1.165, 1.54) is 12.3 Å². The minimum atomic E-state index is -0.400. The SMILES string of the molecule is Cc1cnc(NC2C(N)C3CCCOC32)cc1[N+](=O)[O-]. The van der Waals surface area contributed by atoms with Crippen molar-refractivity contribution in [1.29, 1.82) is 0 Å². The van der Waals surface area contributed by atoms with Crippen LogP contribution in [0.1, 0.15) is 18.4 Å². The number of nitro groups is 1. The number of aryl methyl sites for hydroxylation is 1. The molecule has 7 nitrogen and oxygen atoms in total. The molecule has 3 rings (SSSR count). The maximum atomic E-state index is 10.9. The minimum Gasteiger partial charge on any atom is -0.376 e. The first-order chi connectivity index (χ1) is 9.58. The summed E-state index contributed by atoms with van der Waals surface area (Å²) >= 11 is 0. The Kier molecular flexibility index (Phi) is 3.31. The van der Waals surface area contributed by atoms with Gasteiger partial charge < -0.3 is 15.8 Å². The van der Waals surface area contributed by atoms with Crippen molar-refractivity contribution in [2.24, 2.45) is 11.7 Å². The number of nitrogens with one attached hydrogen (secondary N) is 1. The van der Waals surface area contributed by atoms with Gasteiger partial charge in [0.15, 0.2) is 0 Å². The highest BCUT2D eigenvalue weighted by atomic mass is 16.6. The number of nitrogens with two attached hydrogens (primary N) is 1. The molecule has 20 heavy (non-hydrogen) atoms. The summed E-state index contributed by atoms with van der Waals surface area (Å²) in [6.45, 7) is 2.43. The van der Waals surface area contributed by atoms with Gasteiger partial charge in [0, 0.05) is 30.3 Å². The van der Waals surface area contributed by atoms with E-state index in [1.807, 2.05) is 0 Å².